The number of aromatic nitrogens is 2. The van der Waals surface area contributed by atoms with Crippen molar-refractivity contribution < 1.29 is 9.32 Å². The second kappa shape index (κ2) is 6.70. The van der Waals surface area contributed by atoms with Crippen LogP contribution in [0.2, 0.25) is 0 Å². The molecule has 2 heterocycles. The van der Waals surface area contributed by atoms with Gasteiger partial charge in [0.25, 0.3) is 0 Å². The Morgan fingerprint density at radius 1 is 1.08 bits per heavy atom. The second-order valence-electron chi connectivity index (χ2n) is 6.00. The Hall–Kier alpha value is -2.44. The molecule has 2 aromatic carbocycles. The zero-order valence-corrected chi connectivity index (χ0v) is 16.3. The highest BCUT2D eigenvalue weighted by molar-refractivity contribution is 9.10. The summed E-state index contributed by atoms with van der Waals surface area (Å²) in [6.07, 6.45) is 3.55. The molecular weight excluding hydrogens is 412 g/mol. The molecule has 130 valence electrons. The third-order valence-corrected chi connectivity index (χ3v) is 5.90. The van der Waals surface area contributed by atoms with Gasteiger partial charge < -0.3 is 5.11 Å². The van der Waals surface area contributed by atoms with Crippen LogP contribution < -0.4 is 0 Å². The zero-order chi connectivity index (χ0) is 18.3. The number of hydrogen-bond donors (Lipinski definition) is 1. The molecule has 4 rings (SSSR count). The van der Waals surface area contributed by atoms with Crippen molar-refractivity contribution in [1.29, 1.82) is 0 Å². The quantitative estimate of drug-likeness (QED) is 0.498. The monoisotopic (exact) mass is 426 g/mol. The molecule has 0 amide bonds. The Labute approximate surface area is 161 Å². The van der Waals surface area contributed by atoms with E-state index in [4.69, 9.17) is 0 Å². The number of halogens is 1. The van der Waals surface area contributed by atoms with Gasteiger partial charge in [0, 0.05) is 27.8 Å². The van der Waals surface area contributed by atoms with Gasteiger partial charge >= 0.3 is 0 Å². The van der Waals surface area contributed by atoms with Crippen LogP contribution in [-0.4, -0.2) is 18.3 Å². The Kier molecular flexibility index (Phi) is 4.38. The summed E-state index contributed by atoms with van der Waals surface area (Å²) >= 11 is 3.46. The largest absolute Gasteiger partial charge is 0.508 e. The Bertz CT molecular complexity index is 1120. The van der Waals surface area contributed by atoms with E-state index < -0.39 is 11.0 Å². The number of fused-ring (bicyclic) bond motifs is 1. The van der Waals surface area contributed by atoms with Gasteiger partial charge in [-0.3, -0.25) is 0 Å². The van der Waals surface area contributed by atoms with Crippen LogP contribution in [0.15, 0.2) is 76.4 Å². The SMILES string of the molecule is Cc1ccc(S(=O)n2cc(-c3ccc(O)cc3)c3cc(Br)cnc32)cc1. The van der Waals surface area contributed by atoms with Crippen molar-refractivity contribution in [3.05, 3.63) is 77.0 Å². The van der Waals surface area contributed by atoms with E-state index in [1.807, 2.05) is 55.6 Å². The number of benzene rings is 2. The maximum Gasteiger partial charge on any atom is 0.158 e. The molecule has 0 aliphatic heterocycles. The van der Waals surface area contributed by atoms with E-state index >= 15 is 0 Å². The smallest absolute Gasteiger partial charge is 0.158 e. The fourth-order valence-electron chi connectivity index (χ4n) is 2.82. The minimum atomic E-state index is -1.40. The Morgan fingerprint density at radius 3 is 2.46 bits per heavy atom. The molecule has 0 aliphatic rings. The number of aryl methyl sites for hydroxylation is 1. The number of pyridine rings is 1. The molecule has 0 fully saturated rings. The van der Waals surface area contributed by atoms with Gasteiger partial charge in [0.2, 0.25) is 0 Å². The van der Waals surface area contributed by atoms with Gasteiger partial charge in [-0.05, 0) is 58.7 Å². The highest BCUT2D eigenvalue weighted by Gasteiger charge is 2.17. The minimum absolute atomic E-state index is 0.208. The third-order valence-electron chi connectivity index (χ3n) is 4.16. The molecule has 0 aliphatic carbocycles. The topological polar surface area (TPSA) is 55.1 Å². The molecular formula is C20H15BrN2O2S. The van der Waals surface area contributed by atoms with Crippen molar-refractivity contribution in [2.24, 2.45) is 0 Å². The average molecular weight is 427 g/mol. The molecule has 1 N–H and O–H groups in total. The van der Waals surface area contributed by atoms with Gasteiger partial charge in [-0.15, -0.1) is 0 Å². The highest BCUT2D eigenvalue weighted by Crippen LogP contribution is 2.33. The van der Waals surface area contributed by atoms with Gasteiger partial charge in [-0.25, -0.2) is 13.2 Å². The van der Waals surface area contributed by atoms with Crippen LogP contribution in [0.25, 0.3) is 22.2 Å². The van der Waals surface area contributed by atoms with E-state index in [1.54, 1.807) is 22.3 Å². The summed E-state index contributed by atoms with van der Waals surface area (Å²) < 4.78 is 15.7. The van der Waals surface area contributed by atoms with Crippen LogP contribution in [0.3, 0.4) is 0 Å². The Morgan fingerprint density at radius 2 is 1.77 bits per heavy atom. The van der Waals surface area contributed by atoms with E-state index in [2.05, 4.69) is 20.9 Å². The molecule has 2 aromatic heterocycles. The number of aromatic hydroxyl groups is 1. The molecule has 26 heavy (non-hydrogen) atoms. The van der Waals surface area contributed by atoms with E-state index in [-0.39, 0.29) is 5.75 Å². The summed E-state index contributed by atoms with van der Waals surface area (Å²) in [6.45, 7) is 2.00. The van der Waals surface area contributed by atoms with Gasteiger partial charge in [-0.2, -0.15) is 0 Å². The van der Waals surface area contributed by atoms with E-state index in [0.717, 1.165) is 31.4 Å². The lowest BCUT2D eigenvalue weighted by molar-refractivity contribution is 0.475. The summed E-state index contributed by atoms with van der Waals surface area (Å²) in [7, 11) is -1.40. The van der Waals surface area contributed by atoms with Crippen LogP contribution >= 0.6 is 15.9 Å². The lowest BCUT2D eigenvalue weighted by atomic mass is 10.1. The first-order valence-electron chi connectivity index (χ1n) is 7.98. The number of phenolic OH excluding ortho intramolecular Hbond substituents is 1. The third kappa shape index (κ3) is 3.06. The van der Waals surface area contributed by atoms with Crippen LogP contribution in [-0.2, 0) is 11.0 Å². The van der Waals surface area contributed by atoms with Crippen LogP contribution in [0.5, 0.6) is 5.75 Å². The lowest BCUT2D eigenvalue weighted by Gasteiger charge is -2.05. The van der Waals surface area contributed by atoms with E-state index in [1.165, 1.54) is 0 Å². The molecule has 0 spiro atoms. The molecule has 6 heteroatoms. The maximum absolute atomic E-state index is 13.1. The van der Waals surface area contributed by atoms with Crippen LogP contribution in [0, 0.1) is 6.92 Å². The van der Waals surface area contributed by atoms with Crippen molar-refractivity contribution in [3.8, 4) is 16.9 Å². The molecule has 0 bridgehead atoms. The fraction of sp³-hybridized carbons (Fsp3) is 0.0500. The zero-order valence-electron chi connectivity index (χ0n) is 13.9. The first-order valence-corrected chi connectivity index (χ1v) is 9.88. The molecule has 1 unspecified atom stereocenters. The number of phenols is 1. The van der Waals surface area contributed by atoms with E-state index in [9.17, 15) is 9.32 Å². The molecule has 1 atom stereocenters. The summed E-state index contributed by atoms with van der Waals surface area (Å²) in [5.74, 6) is 0.208. The maximum atomic E-state index is 13.1. The molecule has 4 aromatic rings. The van der Waals surface area contributed by atoms with Gasteiger partial charge in [0.15, 0.2) is 16.6 Å². The molecule has 0 saturated heterocycles. The molecule has 0 saturated carbocycles. The van der Waals surface area contributed by atoms with Gasteiger partial charge in [-0.1, -0.05) is 29.8 Å². The van der Waals surface area contributed by atoms with Crippen molar-refractivity contribution in [2.75, 3.05) is 0 Å². The molecule has 0 radical (unpaired) electrons. The molecule has 4 nitrogen and oxygen atoms in total. The van der Waals surface area contributed by atoms with Crippen molar-refractivity contribution >= 4 is 37.9 Å². The number of hydrogen-bond acceptors (Lipinski definition) is 3. The normalized spacial score (nSPS) is 12.4. The summed E-state index contributed by atoms with van der Waals surface area (Å²) in [5.41, 5.74) is 3.60. The van der Waals surface area contributed by atoms with Gasteiger partial charge in [0.1, 0.15) is 5.75 Å². The fourth-order valence-corrected chi connectivity index (χ4v) is 4.25. The van der Waals surface area contributed by atoms with Crippen molar-refractivity contribution in [1.82, 2.24) is 8.96 Å². The predicted molar refractivity (Wildman–Crippen MR) is 108 cm³/mol. The van der Waals surface area contributed by atoms with E-state index in [0.29, 0.717) is 5.65 Å². The number of rotatable bonds is 3. The second-order valence-corrected chi connectivity index (χ2v) is 8.28. The van der Waals surface area contributed by atoms with Crippen molar-refractivity contribution in [3.63, 3.8) is 0 Å². The Balaban J connectivity index is 1.91. The summed E-state index contributed by atoms with van der Waals surface area (Å²) in [6, 6.07) is 16.6. The summed E-state index contributed by atoms with van der Waals surface area (Å²) in [5, 5.41) is 10.4. The first-order chi connectivity index (χ1) is 12.5. The number of nitrogens with zero attached hydrogens (tertiary/aromatic N) is 2. The highest BCUT2D eigenvalue weighted by atomic mass is 79.9. The van der Waals surface area contributed by atoms with Crippen LogP contribution in [0.1, 0.15) is 5.56 Å². The standard InChI is InChI=1S/C20H15BrN2O2S/c1-13-2-8-17(9-3-13)26(25)23-12-19(14-4-6-16(24)7-5-14)18-10-15(21)11-22-20(18)23/h2-12,24H,1H3. The minimum Gasteiger partial charge on any atom is -0.508 e. The van der Waals surface area contributed by atoms with Crippen LogP contribution in [0.4, 0.5) is 0 Å². The first kappa shape index (κ1) is 17.0. The summed E-state index contributed by atoms with van der Waals surface area (Å²) in [4.78, 5) is 5.20. The van der Waals surface area contributed by atoms with Gasteiger partial charge in [0.05, 0.1) is 4.90 Å². The average Bonchev–Trinajstić information content (AvgIpc) is 3.01. The predicted octanol–water partition coefficient (Wildman–Crippen LogP) is 5.05. The van der Waals surface area contributed by atoms with Crippen molar-refractivity contribution in [2.45, 2.75) is 11.8 Å². The lowest BCUT2D eigenvalue weighted by Crippen LogP contribution is -2.04.